The van der Waals surface area contributed by atoms with Gasteiger partial charge in [0.15, 0.2) is 0 Å². The maximum absolute atomic E-state index is 12.2. The number of nitrogens with zero attached hydrogens (tertiary/aromatic N) is 1. The number of nitrogens with one attached hydrogen (secondary N) is 2. The average Bonchev–Trinajstić information content (AvgIpc) is 2.79. The normalized spacial score (nSPS) is 36.1. The highest BCUT2D eigenvalue weighted by atomic mass is 16.3. The SMILES string of the molecule is CC1(C)CC(NC(=O)NC2CCCC2O)CC(C)(CN=C=O)C1. The minimum Gasteiger partial charge on any atom is -0.391 e. The molecule has 0 aliphatic heterocycles. The fourth-order valence-corrected chi connectivity index (χ4v) is 4.58. The van der Waals surface area contributed by atoms with Gasteiger partial charge in [0.1, 0.15) is 0 Å². The van der Waals surface area contributed by atoms with Crippen molar-refractivity contribution in [1.82, 2.24) is 10.6 Å². The Balaban J connectivity index is 1.95. The lowest BCUT2D eigenvalue weighted by Gasteiger charge is -2.46. The maximum atomic E-state index is 12.2. The molecule has 3 N–H and O–H groups in total. The van der Waals surface area contributed by atoms with Crippen LogP contribution in [-0.4, -0.2) is 41.9 Å². The molecule has 0 saturated heterocycles. The molecule has 0 spiro atoms. The zero-order valence-electron chi connectivity index (χ0n) is 14.4. The second-order valence-corrected chi connectivity index (χ2v) is 8.39. The third-order valence-corrected chi connectivity index (χ3v) is 5.10. The highest BCUT2D eigenvalue weighted by molar-refractivity contribution is 5.74. The molecule has 0 radical (unpaired) electrons. The minimum absolute atomic E-state index is 0.0455. The number of hydrogen-bond donors (Lipinski definition) is 3. The molecular weight excluding hydrogens is 294 g/mol. The van der Waals surface area contributed by atoms with Gasteiger partial charge in [-0.3, -0.25) is 0 Å². The molecule has 2 fully saturated rings. The molecule has 0 aromatic rings. The van der Waals surface area contributed by atoms with Crippen LogP contribution in [0.25, 0.3) is 0 Å². The number of aliphatic hydroxyl groups excluding tert-OH is 1. The Labute approximate surface area is 138 Å². The van der Waals surface area contributed by atoms with Crippen LogP contribution in [-0.2, 0) is 4.79 Å². The zero-order valence-corrected chi connectivity index (χ0v) is 14.4. The highest BCUT2D eigenvalue weighted by Gasteiger charge is 2.42. The van der Waals surface area contributed by atoms with Gasteiger partial charge in [-0.2, -0.15) is 0 Å². The smallest absolute Gasteiger partial charge is 0.315 e. The van der Waals surface area contributed by atoms with Crippen LogP contribution < -0.4 is 10.6 Å². The maximum Gasteiger partial charge on any atom is 0.315 e. The number of urea groups is 1. The summed E-state index contributed by atoms with van der Waals surface area (Å²) in [5.74, 6) is 0. The van der Waals surface area contributed by atoms with Crippen LogP contribution in [0.15, 0.2) is 4.99 Å². The summed E-state index contributed by atoms with van der Waals surface area (Å²) in [4.78, 5) is 26.4. The van der Waals surface area contributed by atoms with Crippen molar-refractivity contribution in [3.8, 4) is 0 Å². The first-order chi connectivity index (χ1) is 10.7. The van der Waals surface area contributed by atoms with Crippen molar-refractivity contribution in [3.05, 3.63) is 0 Å². The van der Waals surface area contributed by atoms with Crippen molar-refractivity contribution in [1.29, 1.82) is 0 Å². The number of aliphatic imine (C=N–C) groups is 1. The molecule has 0 aromatic heterocycles. The third-order valence-electron chi connectivity index (χ3n) is 5.10. The van der Waals surface area contributed by atoms with Crippen molar-refractivity contribution in [2.75, 3.05) is 6.54 Å². The van der Waals surface area contributed by atoms with Crippen molar-refractivity contribution in [2.24, 2.45) is 15.8 Å². The van der Waals surface area contributed by atoms with E-state index in [1.54, 1.807) is 6.08 Å². The lowest BCUT2D eigenvalue weighted by atomic mass is 9.62. The summed E-state index contributed by atoms with van der Waals surface area (Å²) in [7, 11) is 0. The van der Waals surface area contributed by atoms with Crippen molar-refractivity contribution in [2.45, 2.75) is 77.5 Å². The summed E-state index contributed by atoms with van der Waals surface area (Å²) in [6, 6.07) is -0.304. The van der Waals surface area contributed by atoms with Gasteiger partial charge in [0.25, 0.3) is 0 Å². The van der Waals surface area contributed by atoms with Gasteiger partial charge in [0, 0.05) is 6.04 Å². The van der Waals surface area contributed by atoms with Gasteiger partial charge in [0.2, 0.25) is 6.08 Å². The van der Waals surface area contributed by atoms with Crippen molar-refractivity contribution in [3.63, 3.8) is 0 Å². The molecule has 0 heterocycles. The van der Waals surface area contributed by atoms with Crippen LogP contribution in [0, 0.1) is 10.8 Å². The molecule has 0 bridgehead atoms. The number of carbonyl (C=O) groups excluding carboxylic acids is 2. The molecule has 2 amide bonds. The summed E-state index contributed by atoms with van der Waals surface area (Å²) < 4.78 is 0. The van der Waals surface area contributed by atoms with E-state index in [0.29, 0.717) is 6.54 Å². The van der Waals surface area contributed by atoms with E-state index >= 15 is 0 Å². The standard InChI is InChI=1S/C17H29N3O3/c1-16(2)7-12(8-17(3,9-16)10-18-11-21)19-15(23)20-13-5-4-6-14(13)22/h12-14,22H,4-10H2,1-3H3,(H2,19,20,23). The minimum atomic E-state index is -0.434. The van der Waals surface area contributed by atoms with E-state index in [1.165, 1.54) is 0 Å². The summed E-state index contributed by atoms with van der Waals surface area (Å²) >= 11 is 0. The molecule has 0 aromatic carbocycles. The van der Waals surface area contributed by atoms with Gasteiger partial charge >= 0.3 is 6.03 Å². The van der Waals surface area contributed by atoms with Gasteiger partial charge in [-0.25, -0.2) is 14.6 Å². The molecule has 2 rings (SSSR count). The molecule has 130 valence electrons. The van der Waals surface area contributed by atoms with E-state index in [0.717, 1.165) is 38.5 Å². The van der Waals surface area contributed by atoms with Crippen LogP contribution in [0.3, 0.4) is 0 Å². The number of rotatable bonds is 4. The first-order valence-corrected chi connectivity index (χ1v) is 8.52. The summed E-state index contributed by atoms with van der Waals surface area (Å²) in [6.45, 7) is 6.92. The number of isocyanates is 1. The molecular formula is C17H29N3O3. The molecule has 4 atom stereocenters. The monoisotopic (exact) mass is 323 g/mol. The Morgan fingerprint density at radius 3 is 2.61 bits per heavy atom. The summed E-state index contributed by atoms with van der Waals surface area (Å²) in [5, 5.41) is 15.8. The summed E-state index contributed by atoms with van der Waals surface area (Å²) in [5.41, 5.74) is -0.0276. The number of amides is 2. The van der Waals surface area contributed by atoms with E-state index in [9.17, 15) is 14.7 Å². The number of hydrogen-bond acceptors (Lipinski definition) is 4. The van der Waals surface area contributed by atoms with Gasteiger partial charge in [-0.05, 0) is 49.4 Å². The highest BCUT2D eigenvalue weighted by Crippen LogP contribution is 2.46. The van der Waals surface area contributed by atoms with Crippen LogP contribution in [0.4, 0.5) is 4.79 Å². The van der Waals surface area contributed by atoms with Crippen molar-refractivity contribution >= 4 is 12.1 Å². The number of carbonyl (C=O) groups is 1. The molecule has 4 unspecified atom stereocenters. The van der Waals surface area contributed by atoms with Crippen LogP contribution in [0.5, 0.6) is 0 Å². The van der Waals surface area contributed by atoms with Gasteiger partial charge in [-0.1, -0.05) is 20.8 Å². The molecule has 2 saturated carbocycles. The fourth-order valence-electron chi connectivity index (χ4n) is 4.58. The molecule has 2 aliphatic rings. The van der Waals surface area contributed by atoms with Gasteiger partial charge in [-0.15, -0.1) is 0 Å². The zero-order chi connectivity index (χ0) is 17.1. The Hall–Kier alpha value is -1.39. The predicted molar refractivity (Wildman–Crippen MR) is 87.8 cm³/mol. The lowest BCUT2D eigenvalue weighted by Crippen LogP contribution is -2.53. The Kier molecular flexibility index (Phi) is 5.48. The Bertz CT molecular complexity index is 487. The van der Waals surface area contributed by atoms with Crippen LogP contribution >= 0.6 is 0 Å². The largest absolute Gasteiger partial charge is 0.391 e. The second-order valence-electron chi connectivity index (χ2n) is 8.39. The van der Waals surface area contributed by atoms with Gasteiger partial charge in [0.05, 0.1) is 18.7 Å². The lowest BCUT2D eigenvalue weighted by molar-refractivity contribution is 0.0797. The topological polar surface area (TPSA) is 90.8 Å². The quantitative estimate of drug-likeness (QED) is 0.547. The first-order valence-electron chi connectivity index (χ1n) is 8.52. The Morgan fingerprint density at radius 1 is 1.26 bits per heavy atom. The van der Waals surface area contributed by atoms with Crippen LogP contribution in [0.2, 0.25) is 0 Å². The van der Waals surface area contributed by atoms with Crippen LogP contribution in [0.1, 0.15) is 59.3 Å². The molecule has 23 heavy (non-hydrogen) atoms. The molecule has 2 aliphatic carbocycles. The second kappa shape index (κ2) is 7.02. The fraction of sp³-hybridized carbons (Fsp3) is 0.882. The van der Waals surface area contributed by atoms with E-state index < -0.39 is 6.10 Å². The van der Waals surface area contributed by atoms with Crippen molar-refractivity contribution < 1.29 is 14.7 Å². The first kappa shape index (κ1) is 18.0. The van der Waals surface area contributed by atoms with E-state index in [2.05, 4.69) is 36.4 Å². The van der Waals surface area contributed by atoms with E-state index in [1.807, 2.05) is 0 Å². The van der Waals surface area contributed by atoms with Gasteiger partial charge < -0.3 is 15.7 Å². The third kappa shape index (κ3) is 5.05. The predicted octanol–water partition coefficient (Wildman–Crippen LogP) is 2.12. The average molecular weight is 323 g/mol. The summed E-state index contributed by atoms with van der Waals surface area (Å²) in [6.07, 6.45) is 6.38. The van der Waals surface area contributed by atoms with E-state index in [4.69, 9.17) is 0 Å². The molecule has 6 nitrogen and oxygen atoms in total. The molecule has 6 heteroatoms. The number of aliphatic hydroxyl groups is 1. The van der Waals surface area contributed by atoms with E-state index in [-0.39, 0.29) is 28.9 Å². The Morgan fingerprint density at radius 2 is 2.00 bits per heavy atom.